The van der Waals surface area contributed by atoms with Gasteiger partial charge in [-0.05, 0) is 35.9 Å². The fraction of sp³-hybridized carbons (Fsp3) is 0.360. The highest BCUT2D eigenvalue weighted by Gasteiger charge is 2.27. The molecule has 0 aliphatic carbocycles. The fourth-order valence-electron chi connectivity index (χ4n) is 4.39. The van der Waals surface area contributed by atoms with Gasteiger partial charge in [0.15, 0.2) is 0 Å². The normalized spacial score (nSPS) is 21.2. The Morgan fingerprint density at radius 2 is 1.88 bits per heavy atom. The predicted molar refractivity (Wildman–Crippen MR) is 133 cm³/mol. The van der Waals surface area contributed by atoms with Crippen molar-refractivity contribution < 1.29 is 4.79 Å². The van der Waals surface area contributed by atoms with E-state index >= 15 is 0 Å². The Labute approximate surface area is 199 Å². The third-order valence-electron chi connectivity index (χ3n) is 6.38. The average molecular weight is 459 g/mol. The summed E-state index contributed by atoms with van der Waals surface area (Å²) in [4.78, 5) is 33.0. The quantitative estimate of drug-likeness (QED) is 0.529. The van der Waals surface area contributed by atoms with Gasteiger partial charge in [0.25, 0.3) is 0 Å². The Morgan fingerprint density at radius 1 is 1.00 bits per heavy atom. The minimum Gasteiger partial charge on any atom is -0.358 e. The van der Waals surface area contributed by atoms with Crippen LogP contribution in [0.3, 0.4) is 0 Å². The van der Waals surface area contributed by atoms with Crippen molar-refractivity contribution in [2.75, 3.05) is 57.0 Å². The number of carbonyl (C=O) groups is 1. The number of pyridine rings is 1. The number of anilines is 3. The van der Waals surface area contributed by atoms with Gasteiger partial charge in [-0.3, -0.25) is 9.69 Å². The summed E-state index contributed by atoms with van der Waals surface area (Å²) < 4.78 is 0. The van der Waals surface area contributed by atoms with E-state index in [2.05, 4.69) is 42.5 Å². The van der Waals surface area contributed by atoms with Crippen LogP contribution in [0.25, 0.3) is 11.3 Å². The molecule has 1 amide bonds. The third kappa shape index (κ3) is 5.00. The topological polar surface area (TPSA) is 89.5 Å². The molecule has 0 saturated carbocycles. The van der Waals surface area contributed by atoms with Gasteiger partial charge >= 0.3 is 0 Å². The summed E-state index contributed by atoms with van der Waals surface area (Å²) in [5.74, 6) is 1.52. The highest BCUT2D eigenvalue weighted by atomic mass is 16.2. The monoisotopic (exact) mass is 458 g/mol. The van der Waals surface area contributed by atoms with Crippen molar-refractivity contribution in [3.63, 3.8) is 0 Å². The Morgan fingerprint density at radius 3 is 2.74 bits per heavy atom. The van der Waals surface area contributed by atoms with Gasteiger partial charge in [-0.1, -0.05) is 12.1 Å². The molecule has 1 saturated heterocycles. The zero-order chi connectivity index (χ0) is 23.5. The van der Waals surface area contributed by atoms with Crippen LogP contribution < -0.4 is 15.5 Å². The number of benzene rings is 1. The minimum absolute atomic E-state index is 0.127. The molecular formula is C25H30N8O. The van der Waals surface area contributed by atoms with E-state index in [1.54, 1.807) is 6.20 Å². The molecular weight excluding hydrogens is 428 g/mol. The van der Waals surface area contributed by atoms with Gasteiger partial charge in [-0.25, -0.2) is 15.0 Å². The minimum atomic E-state index is -0.204. The highest BCUT2D eigenvalue weighted by Crippen LogP contribution is 2.22. The SMILES string of the molecule is CN1CCN(C)c2ccc(cn2)-c2ccnc(n2)Nc2cccc(c2)CN2CCNC(C2)C1=O. The van der Waals surface area contributed by atoms with Gasteiger partial charge in [-0.15, -0.1) is 0 Å². The van der Waals surface area contributed by atoms with Crippen molar-refractivity contribution in [3.05, 3.63) is 60.4 Å². The van der Waals surface area contributed by atoms with Crippen molar-refractivity contribution in [2.24, 2.45) is 0 Å². The Hall–Kier alpha value is -3.56. The van der Waals surface area contributed by atoms with Crippen molar-refractivity contribution in [3.8, 4) is 11.3 Å². The number of likely N-dealkylation sites (N-methyl/N-ethyl adjacent to an activating group) is 2. The summed E-state index contributed by atoms with van der Waals surface area (Å²) in [6.07, 6.45) is 3.58. The molecule has 3 aliphatic heterocycles. The highest BCUT2D eigenvalue weighted by molar-refractivity contribution is 5.82. The number of nitrogens with zero attached hydrogens (tertiary/aromatic N) is 6. The fourth-order valence-corrected chi connectivity index (χ4v) is 4.39. The molecule has 6 rings (SSSR count). The van der Waals surface area contributed by atoms with E-state index in [1.807, 2.05) is 55.5 Å². The van der Waals surface area contributed by atoms with Crippen molar-refractivity contribution in [1.82, 2.24) is 30.1 Å². The molecule has 9 nitrogen and oxygen atoms in total. The molecule has 2 N–H and O–H groups in total. The van der Waals surface area contributed by atoms with Crippen molar-refractivity contribution >= 4 is 23.4 Å². The molecule has 3 aromatic rings. The summed E-state index contributed by atoms with van der Waals surface area (Å²) in [6.45, 7) is 4.48. The Balaban J connectivity index is 1.47. The molecule has 2 aromatic heterocycles. The van der Waals surface area contributed by atoms with E-state index in [4.69, 9.17) is 4.98 Å². The molecule has 0 spiro atoms. The molecule has 1 fully saturated rings. The summed E-state index contributed by atoms with van der Waals surface area (Å²) in [7, 11) is 3.87. The zero-order valence-electron chi connectivity index (χ0n) is 19.6. The van der Waals surface area contributed by atoms with Gasteiger partial charge in [0.1, 0.15) is 5.82 Å². The number of hydrogen-bond acceptors (Lipinski definition) is 8. The predicted octanol–water partition coefficient (Wildman–Crippen LogP) is 1.96. The van der Waals surface area contributed by atoms with Gasteiger partial charge in [-0.2, -0.15) is 0 Å². The van der Waals surface area contributed by atoms with E-state index in [9.17, 15) is 4.79 Å². The van der Waals surface area contributed by atoms with Crippen molar-refractivity contribution in [2.45, 2.75) is 12.6 Å². The smallest absolute Gasteiger partial charge is 0.240 e. The van der Waals surface area contributed by atoms with E-state index < -0.39 is 0 Å². The first-order valence-electron chi connectivity index (χ1n) is 11.6. The maximum Gasteiger partial charge on any atom is 0.240 e. The van der Waals surface area contributed by atoms with Crippen LogP contribution in [-0.4, -0.2) is 83.5 Å². The largest absolute Gasteiger partial charge is 0.358 e. The Kier molecular flexibility index (Phi) is 6.37. The second-order valence-electron chi connectivity index (χ2n) is 8.92. The molecule has 3 aliphatic rings. The van der Waals surface area contributed by atoms with Gasteiger partial charge in [0, 0.05) is 77.0 Å². The molecule has 34 heavy (non-hydrogen) atoms. The van der Waals surface area contributed by atoms with Gasteiger partial charge in [0.05, 0.1) is 11.7 Å². The van der Waals surface area contributed by atoms with Crippen LogP contribution in [0.2, 0.25) is 0 Å². The van der Waals surface area contributed by atoms with Crippen LogP contribution in [-0.2, 0) is 11.3 Å². The standard InChI is InChI=1S/C25H30N8O/c1-31-12-13-32(2)24(34)22-17-33(11-10-26-22)16-18-4-3-5-20(14-18)29-25-27-9-8-21(30-25)19-6-7-23(31)28-15-19/h3-9,14-15,22,26H,10-13,16-17H2,1-2H3,(H,27,29,30). The lowest BCUT2D eigenvalue weighted by Gasteiger charge is -2.35. The lowest BCUT2D eigenvalue weighted by Crippen LogP contribution is -2.57. The Bertz CT molecular complexity index is 1150. The van der Waals surface area contributed by atoms with Gasteiger partial charge in [0.2, 0.25) is 11.9 Å². The first-order chi connectivity index (χ1) is 16.5. The number of carbonyl (C=O) groups excluding carboxylic acids is 1. The third-order valence-corrected chi connectivity index (χ3v) is 6.38. The molecule has 2 atom stereocenters. The second-order valence-corrected chi connectivity index (χ2v) is 8.92. The summed E-state index contributed by atoms with van der Waals surface area (Å²) >= 11 is 0. The number of fused-ring (bicyclic) bond motifs is 6. The number of aromatic nitrogens is 3. The maximum absolute atomic E-state index is 13.1. The number of piperazine rings is 1. The van der Waals surface area contributed by atoms with Crippen LogP contribution in [0.5, 0.6) is 0 Å². The van der Waals surface area contributed by atoms with E-state index in [0.717, 1.165) is 42.4 Å². The molecule has 8 bridgehead atoms. The lowest BCUT2D eigenvalue weighted by molar-refractivity contribution is -0.133. The number of rotatable bonds is 0. The molecule has 2 unspecified atom stereocenters. The van der Waals surface area contributed by atoms with E-state index in [1.165, 1.54) is 5.56 Å². The first kappa shape index (κ1) is 22.2. The summed E-state index contributed by atoms with van der Waals surface area (Å²) in [5.41, 5.74) is 3.84. The second kappa shape index (κ2) is 9.74. The molecule has 9 heteroatoms. The number of amides is 1. The van der Waals surface area contributed by atoms with Crippen LogP contribution in [0.1, 0.15) is 5.56 Å². The van der Waals surface area contributed by atoms with Crippen LogP contribution in [0, 0.1) is 0 Å². The average Bonchev–Trinajstić information content (AvgIpc) is 2.87. The van der Waals surface area contributed by atoms with E-state index in [0.29, 0.717) is 25.6 Å². The van der Waals surface area contributed by atoms with Crippen LogP contribution in [0.4, 0.5) is 17.5 Å². The summed E-state index contributed by atoms with van der Waals surface area (Å²) in [5, 5.41) is 6.73. The lowest BCUT2D eigenvalue weighted by atomic mass is 10.1. The number of hydrogen-bond donors (Lipinski definition) is 2. The molecule has 176 valence electrons. The van der Waals surface area contributed by atoms with Crippen LogP contribution >= 0.6 is 0 Å². The molecule has 0 radical (unpaired) electrons. The van der Waals surface area contributed by atoms with E-state index in [-0.39, 0.29) is 11.9 Å². The summed E-state index contributed by atoms with van der Waals surface area (Å²) in [6, 6.07) is 13.9. The zero-order valence-corrected chi connectivity index (χ0v) is 19.6. The number of nitrogens with one attached hydrogen (secondary N) is 2. The molecule has 1 aromatic carbocycles. The van der Waals surface area contributed by atoms with Gasteiger partial charge < -0.3 is 20.4 Å². The van der Waals surface area contributed by atoms with Crippen LogP contribution in [0.15, 0.2) is 54.9 Å². The van der Waals surface area contributed by atoms with Crippen molar-refractivity contribution in [1.29, 1.82) is 0 Å². The first-order valence-corrected chi connectivity index (χ1v) is 11.6. The maximum atomic E-state index is 13.1. The molecule has 5 heterocycles.